The molecule has 0 amide bonds. The van der Waals surface area contributed by atoms with Gasteiger partial charge in [-0.1, -0.05) is 13.3 Å². The summed E-state index contributed by atoms with van der Waals surface area (Å²) in [5, 5.41) is 3.64. The van der Waals surface area contributed by atoms with Gasteiger partial charge in [-0.05, 0) is 32.1 Å². The normalized spacial score (nSPS) is 33.2. The van der Waals surface area contributed by atoms with Gasteiger partial charge in [0.1, 0.15) is 5.72 Å². The third-order valence-corrected chi connectivity index (χ3v) is 3.08. The van der Waals surface area contributed by atoms with Crippen LogP contribution in [0.4, 0.5) is 0 Å². The molecule has 2 rings (SSSR count). The van der Waals surface area contributed by atoms with Crippen LogP contribution in [0.5, 0.6) is 0 Å². The minimum atomic E-state index is 0.111. The first kappa shape index (κ1) is 8.52. The van der Waals surface area contributed by atoms with E-state index in [4.69, 9.17) is 4.74 Å². The van der Waals surface area contributed by atoms with Crippen LogP contribution in [0.3, 0.4) is 0 Å². The molecule has 1 saturated heterocycles. The average Bonchev–Trinajstić information content (AvgIpc) is 2.65. The van der Waals surface area contributed by atoms with Crippen molar-refractivity contribution in [3.63, 3.8) is 0 Å². The molecule has 2 fully saturated rings. The Morgan fingerprint density at radius 1 is 1.42 bits per heavy atom. The standard InChI is InChI=1S/C10H19NO/c1-2-5-9-8-12-10(11-9)6-3-4-7-10/h9,11H,2-8H2,1H3. The van der Waals surface area contributed by atoms with E-state index in [-0.39, 0.29) is 5.72 Å². The monoisotopic (exact) mass is 169 g/mol. The maximum absolute atomic E-state index is 5.86. The van der Waals surface area contributed by atoms with Gasteiger partial charge in [0, 0.05) is 6.04 Å². The molecule has 1 aliphatic carbocycles. The van der Waals surface area contributed by atoms with E-state index in [2.05, 4.69) is 12.2 Å². The Labute approximate surface area is 74.7 Å². The molecule has 0 bridgehead atoms. The van der Waals surface area contributed by atoms with Crippen molar-refractivity contribution in [3.05, 3.63) is 0 Å². The summed E-state index contributed by atoms with van der Waals surface area (Å²) in [6.45, 7) is 3.18. The Kier molecular flexibility index (Phi) is 2.37. The van der Waals surface area contributed by atoms with Gasteiger partial charge in [-0.15, -0.1) is 0 Å². The number of rotatable bonds is 2. The van der Waals surface area contributed by atoms with Crippen LogP contribution in [0.25, 0.3) is 0 Å². The molecule has 0 aromatic rings. The second kappa shape index (κ2) is 3.35. The van der Waals surface area contributed by atoms with E-state index in [1.165, 1.54) is 38.5 Å². The predicted octanol–water partition coefficient (Wildman–Crippen LogP) is 2.05. The van der Waals surface area contributed by atoms with Crippen molar-refractivity contribution in [1.82, 2.24) is 5.32 Å². The van der Waals surface area contributed by atoms with E-state index < -0.39 is 0 Å². The first-order chi connectivity index (χ1) is 5.85. The third-order valence-electron chi connectivity index (χ3n) is 3.08. The fraction of sp³-hybridized carbons (Fsp3) is 1.00. The molecule has 2 nitrogen and oxygen atoms in total. The summed E-state index contributed by atoms with van der Waals surface area (Å²) < 4.78 is 5.86. The zero-order chi connectivity index (χ0) is 8.44. The van der Waals surface area contributed by atoms with Crippen molar-refractivity contribution in [1.29, 1.82) is 0 Å². The number of nitrogens with one attached hydrogen (secondary N) is 1. The molecule has 12 heavy (non-hydrogen) atoms. The Morgan fingerprint density at radius 3 is 2.83 bits per heavy atom. The van der Waals surface area contributed by atoms with Gasteiger partial charge in [0.15, 0.2) is 0 Å². The van der Waals surface area contributed by atoms with Gasteiger partial charge < -0.3 is 4.74 Å². The molecule has 0 aromatic heterocycles. The summed E-state index contributed by atoms with van der Waals surface area (Å²) in [7, 11) is 0. The molecule has 0 aromatic carbocycles. The molecule has 1 saturated carbocycles. The van der Waals surface area contributed by atoms with Crippen molar-refractivity contribution in [2.24, 2.45) is 0 Å². The first-order valence-corrected chi connectivity index (χ1v) is 5.26. The first-order valence-electron chi connectivity index (χ1n) is 5.26. The topological polar surface area (TPSA) is 21.3 Å². The Hall–Kier alpha value is -0.0800. The smallest absolute Gasteiger partial charge is 0.119 e. The highest BCUT2D eigenvalue weighted by molar-refractivity contribution is 4.92. The third kappa shape index (κ3) is 1.50. The van der Waals surface area contributed by atoms with Crippen LogP contribution in [-0.4, -0.2) is 18.4 Å². The van der Waals surface area contributed by atoms with Crippen LogP contribution < -0.4 is 5.32 Å². The van der Waals surface area contributed by atoms with Crippen molar-refractivity contribution in [2.75, 3.05) is 6.61 Å². The van der Waals surface area contributed by atoms with Crippen molar-refractivity contribution in [3.8, 4) is 0 Å². The van der Waals surface area contributed by atoms with Gasteiger partial charge in [-0.2, -0.15) is 0 Å². The zero-order valence-corrected chi connectivity index (χ0v) is 7.94. The fourth-order valence-corrected chi connectivity index (χ4v) is 2.45. The van der Waals surface area contributed by atoms with Crippen LogP contribution in [0.1, 0.15) is 45.4 Å². The lowest BCUT2D eigenvalue weighted by atomic mass is 10.1. The van der Waals surface area contributed by atoms with Crippen molar-refractivity contribution >= 4 is 0 Å². The largest absolute Gasteiger partial charge is 0.359 e. The van der Waals surface area contributed by atoms with E-state index in [0.29, 0.717) is 6.04 Å². The van der Waals surface area contributed by atoms with Gasteiger partial charge in [-0.3, -0.25) is 5.32 Å². The Balaban J connectivity index is 1.88. The quantitative estimate of drug-likeness (QED) is 0.683. The SMILES string of the molecule is CCCC1COC2(CCCC2)N1. The Morgan fingerprint density at radius 2 is 2.17 bits per heavy atom. The molecule has 1 unspecified atom stereocenters. The summed E-state index contributed by atoms with van der Waals surface area (Å²) in [6, 6.07) is 0.632. The number of hydrogen-bond donors (Lipinski definition) is 1. The molecule has 1 heterocycles. The van der Waals surface area contributed by atoms with Gasteiger partial charge in [0.2, 0.25) is 0 Å². The molecule has 1 aliphatic heterocycles. The van der Waals surface area contributed by atoms with Crippen molar-refractivity contribution < 1.29 is 4.74 Å². The van der Waals surface area contributed by atoms with Gasteiger partial charge in [-0.25, -0.2) is 0 Å². The Bertz CT molecular complexity index is 152. The lowest BCUT2D eigenvalue weighted by Crippen LogP contribution is -2.41. The summed E-state index contributed by atoms with van der Waals surface area (Å²) in [5.74, 6) is 0. The highest BCUT2D eigenvalue weighted by Crippen LogP contribution is 2.34. The maximum atomic E-state index is 5.86. The summed E-state index contributed by atoms with van der Waals surface area (Å²) in [4.78, 5) is 0. The molecule has 1 spiro atoms. The van der Waals surface area contributed by atoms with E-state index in [1.807, 2.05) is 0 Å². The summed E-state index contributed by atoms with van der Waals surface area (Å²) in [6.07, 6.45) is 7.66. The fourth-order valence-electron chi connectivity index (χ4n) is 2.45. The minimum absolute atomic E-state index is 0.111. The minimum Gasteiger partial charge on any atom is -0.359 e. The van der Waals surface area contributed by atoms with E-state index >= 15 is 0 Å². The molecule has 70 valence electrons. The molecular weight excluding hydrogens is 150 g/mol. The highest BCUT2D eigenvalue weighted by Gasteiger charge is 2.41. The van der Waals surface area contributed by atoms with Gasteiger partial charge in [0.05, 0.1) is 6.61 Å². The number of ether oxygens (including phenoxy) is 1. The molecule has 1 atom stereocenters. The predicted molar refractivity (Wildman–Crippen MR) is 49.0 cm³/mol. The maximum Gasteiger partial charge on any atom is 0.119 e. The molecular formula is C10H19NO. The number of hydrogen-bond acceptors (Lipinski definition) is 2. The molecule has 0 radical (unpaired) electrons. The summed E-state index contributed by atoms with van der Waals surface area (Å²) in [5.41, 5.74) is 0.111. The van der Waals surface area contributed by atoms with E-state index in [0.717, 1.165) is 6.61 Å². The highest BCUT2D eigenvalue weighted by atomic mass is 16.5. The second-order valence-electron chi connectivity index (χ2n) is 4.14. The van der Waals surface area contributed by atoms with Crippen LogP contribution >= 0.6 is 0 Å². The molecule has 1 N–H and O–H groups in total. The lowest BCUT2D eigenvalue weighted by molar-refractivity contribution is -0.00359. The van der Waals surface area contributed by atoms with Crippen molar-refractivity contribution in [2.45, 2.75) is 57.2 Å². The van der Waals surface area contributed by atoms with Gasteiger partial charge in [0.25, 0.3) is 0 Å². The summed E-state index contributed by atoms with van der Waals surface area (Å²) >= 11 is 0. The molecule has 2 aliphatic rings. The second-order valence-corrected chi connectivity index (χ2v) is 4.14. The van der Waals surface area contributed by atoms with Gasteiger partial charge >= 0.3 is 0 Å². The zero-order valence-electron chi connectivity index (χ0n) is 7.94. The van der Waals surface area contributed by atoms with E-state index in [1.54, 1.807) is 0 Å². The lowest BCUT2D eigenvalue weighted by Gasteiger charge is -2.23. The van der Waals surface area contributed by atoms with E-state index in [9.17, 15) is 0 Å². The van der Waals surface area contributed by atoms with Crippen LogP contribution in [-0.2, 0) is 4.74 Å². The van der Waals surface area contributed by atoms with Crippen LogP contribution in [0.15, 0.2) is 0 Å². The van der Waals surface area contributed by atoms with Crippen LogP contribution in [0.2, 0.25) is 0 Å². The molecule has 2 heteroatoms. The van der Waals surface area contributed by atoms with Crippen LogP contribution in [0, 0.1) is 0 Å². The average molecular weight is 169 g/mol.